The van der Waals surface area contributed by atoms with Gasteiger partial charge in [-0.2, -0.15) is 0 Å². The van der Waals surface area contributed by atoms with Crippen LogP contribution < -0.4 is 0 Å². The smallest absolute Gasteiger partial charge is 0.234 e. The summed E-state index contributed by atoms with van der Waals surface area (Å²) in [6.07, 6.45) is 7.22. The lowest BCUT2D eigenvalue weighted by molar-refractivity contribution is -0.132. The molecule has 0 aromatic heterocycles. The van der Waals surface area contributed by atoms with Crippen molar-refractivity contribution >= 4 is 5.91 Å². The minimum atomic E-state index is 0.0145. The minimum absolute atomic E-state index is 0.0145. The Labute approximate surface area is 78.7 Å². The predicted molar refractivity (Wildman–Crippen MR) is 49.8 cm³/mol. The Morgan fingerprint density at radius 2 is 2.46 bits per heavy atom. The first-order valence-corrected chi connectivity index (χ1v) is 4.60. The highest BCUT2D eigenvalue weighted by Gasteiger charge is 2.21. The van der Waals surface area contributed by atoms with E-state index >= 15 is 0 Å². The molecule has 1 aliphatic rings. The maximum absolute atomic E-state index is 11.4. The molecule has 1 unspecified atom stereocenters. The van der Waals surface area contributed by atoms with Gasteiger partial charge in [0.1, 0.15) is 0 Å². The lowest BCUT2D eigenvalue weighted by Crippen LogP contribution is -2.40. The van der Waals surface area contributed by atoms with Crippen molar-refractivity contribution in [1.82, 2.24) is 4.90 Å². The average Bonchev–Trinajstić information content (AvgIpc) is 2.18. The first-order chi connectivity index (χ1) is 6.27. The molecule has 3 heteroatoms. The van der Waals surface area contributed by atoms with Gasteiger partial charge in [0.25, 0.3) is 0 Å². The Kier molecular flexibility index (Phi) is 3.78. The summed E-state index contributed by atoms with van der Waals surface area (Å²) in [5.74, 6) is 2.60. The predicted octanol–water partition coefficient (Wildman–Crippen LogP) is 0.241. The minimum Gasteiger partial charge on any atom is -0.396 e. The molecular weight excluding hydrogens is 166 g/mol. The number of amides is 1. The molecule has 1 amide bonds. The number of likely N-dealkylation sites (tertiary alicyclic amines) is 1. The molecule has 1 aliphatic heterocycles. The number of carbonyl (C=O) groups excluding carboxylic acids is 1. The number of rotatable bonds is 2. The van der Waals surface area contributed by atoms with Gasteiger partial charge < -0.3 is 10.0 Å². The second-order valence-corrected chi connectivity index (χ2v) is 3.41. The van der Waals surface area contributed by atoms with Gasteiger partial charge in [0.15, 0.2) is 0 Å². The third kappa shape index (κ3) is 2.74. The Morgan fingerprint density at radius 1 is 1.69 bits per heavy atom. The summed E-state index contributed by atoms with van der Waals surface area (Å²) in [6.45, 7) is 1.62. The van der Waals surface area contributed by atoms with Gasteiger partial charge in [-0.05, 0) is 18.8 Å². The van der Waals surface area contributed by atoms with Crippen molar-refractivity contribution in [2.24, 2.45) is 5.92 Å². The number of hydrogen-bond donors (Lipinski definition) is 1. The fraction of sp³-hybridized carbons (Fsp3) is 0.700. The van der Waals surface area contributed by atoms with E-state index < -0.39 is 0 Å². The van der Waals surface area contributed by atoms with Crippen LogP contribution in [0.15, 0.2) is 0 Å². The third-order valence-electron chi connectivity index (χ3n) is 2.38. The molecule has 0 bridgehead atoms. The molecule has 1 saturated heterocycles. The molecular formula is C10H15NO2. The molecule has 1 heterocycles. The molecule has 0 radical (unpaired) electrons. The van der Waals surface area contributed by atoms with Crippen molar-refractivity contribution in [2.45, 2.75) is 19.3 Å². The Bertz CT molecular complexity index is 219. The molecule has 3 nitrogen and oxygen atoms in total. The van der Waals surface area contributed by atoms with Crippen molar-refractivity contribution < 1.29 is 9.90 Å². The van der Waals surface area contributed by atoms with Crippen LogP contribution in [-0.4, -0.2) is 35.6 Å². The van der Waals surface area contributed by atoms with Crippen LogP contribution in [0.5, 0.6) is 0 Å². The van der Waals surface area contributed by atoms with E-state index in [2.05, 4.69) is 5.92 Å². The molecule has 13 heavy (non-hydrogen) atoms. The van der Waals surface area contributed by atoms with Gasteiger partial charge in [0, 0.05) is 19.7 Å². The zero-order chi connectivity index (χ0) is 9.68. The molecule has 0 spiro atoms. The maximum Gasteiger partial charge on any atom is 0.234 e. The number of aliphatic hydroxyl groups excluding tert-OH is 1. The molecule has 72 valence electrons. The van der Waals surface area contributed by atoms with E-state index in [1.807, 2.05) is 0 Å². The Balaban J connectivity index is 2.42. The van der Waals surface area contributed by atoms with E-state index in [9.17, 15) is 4.79 Å². The van der Waals surface area contributed by atoms with Crippen LogP contribution in [0.25, 0.3) is 0 Å². The van der Waals surface area contributed by atoms with E-state index in [0.29, 0.717) is 6.54 Å². The zero-order valence-corrected chi connectivity index (χ0v) is 7.70. The van der Waals surface area contributed by atoms with Gasteiger partial charge in [-0.1, -0.05) is 5.92 Å². The van der Waals surface area contributed by atoms with Crippen LogP contribution in [0.4, 0.5) is 0 Å². The second-order valence-electron chi connectivity index (χ2n) is 3.41. The molecule has 0 aromatic carbocycles. The van der Waals surface area contributed by atoms with Gasteiger partial charge in [-0.15, -0.1) is 6.42 Å². The fourth-order valence-corrected chi connectivity index (χ4v) is 1.64. The van der Waals surface area contributed by atoms with Crippen LogP contribution in [0.2, 0.25) is 0 Å². The highest BCUT2D eigenvalue weighted by atomic mass is 16.3. The molecule has 0 saturated carbocycles. The number of hydrogen-bond acceptors (Lipinski definition) is 2. The molecule has 1 fully saturated rings. The largest absolute Gasteiger partial charge is 0.396 e. The van der Waals surface area contributed by atoms with Gasteiger partial charge in [0.05, 0.1) is 6.42 Å². The summed E-state index contributed by atoms with van der Waals surface area (Å²) in [5.41, 5.74) is 0. The lowest BCUT2D eigenvalue weighted by atomic mass is 9.99. The van der Waals surface area contributed by atoms with Crippen LogP contribution in [0.1, 0.15) is 19.3 Å². The standard InChI is InChI=1S/C10H15NO2/c1-2-4-10(13)11-6-3-5-9(7-11)8-12/h1,9,12H,3-8H2. The van der Waals surface area contributed by atoms with Gasteiger partial charge in [-0.3, -0.25) is 4.79 Å². The number of carbonyl (C=O) groups is 1. The molecule has 1 rings (SSSR count). The van der Waals surface area contributed by atoms with Gasteiger partial charge in [-0.25, -0.2) is 0 Å². The zero-order valence-electron chi connectivity index (χ0n) is 7.70. The van der Waals surface area contributed by atoms with Crippen molar-refractivity contribution in [1.29, 1.82) is 0 Å². The molecule has 1 N–H and O–H groups in total. The van der Waals surface area contributed by atoms with E-state index in [1.54, 1.807) is 4.90 Å². The number of terminal acetylenes is 1. The monoisotopic (exact) mass is 181 g/mol. The van der Waals surface area contributed by atoms with E-state index in [-0.39, 0.29) is 24.9 Å². The van der Waals surface area contributed by atoms with Crippen molar-refractivity contribution in [3.63, 3.8) is 0 Å². The first-order valence-electron chi connectivity index (χ1n) is 4.60. The number of nitrogens with zero attached hydrogens (tertiary/aromatic N) is 1. The highest BCUT2D eigenvalue weighted by molar-refractivity contribution is 5.78. The Hall–Kier alpha value is -1.01. The molecule has 1 atom stereocenters. The lowest BCUT2D eigenvalue weighted by Gasteiger charge is -2.31. The summed E-state index contributed by atoms with van der Waals surface area (Å²) in [5, 5.41) is 8.94. The van der Waals surface area contributed by atoms with E-state index in [4.69, 9.17) is 11.5 Å². The summed E-state index contributed by atoms with van der Waals surface area (Å²) in [4.78, 5) is 13.1. The number of piperidine rings is 1. The third-order valence-corrected chi connectivity index (χ3v) is 2.38. The summed E-state index contributed by atoms with van der Waals surface area (Å²) < 4.78 is 0. The molecule has 0 aromatic rings. The fourth-order valence-electron chi connectivity index (χ4n) is 1.64. The normalized spacial score (nSPS) is 22.5. The quantitative estimate of drug-likeness (QED) is 0.620. The van der Waals surface area contributed by atoms with Gasteiger partial charge in [0.2, 0.25) is 5.91 Å². The topological polar surface area (TPSA) is 40.5 Å². The number of aliphatic hydroxyl groups is 1. The average molecular weight is 181 g/mol. The van der Waals surface area contributed by atoms with E-state index in [0.717, 1.165) is 19.4 Å². The van der Waals surface area contributed by atoms with Crippen molar-refractivity contribution in [3.05, 3.63) is 0 Å². The van der Waals surface area contributed by atoms with E-state index in [1.165, 1.54) is 0 Å². The van der Waals surface area contributed by atoms with Crippen LogP contribution in [0, 0.1) is 18.3 Å². The first kappa shape index (κ1) is 10.1. The van der Waals surface area contributed by atoms with Crippen molar-refractivity contribution in [2.75, 3.05) is 19.7 Å². The van der Waals surface area contributed by atoms with Crippen LogP contribution in [-0.2, 0) is 4.79 Å². The summed E-state index contributed by atoms with van der Waals surface area (Å²) in [7, 11) is 0. The highest BCUT2D eigenvalue weighted by Crippen LogP contribution is 2.16. The SMILES string of the molecule is C#CCC(=O)N1CCCC(CO)C1. The second kappa shape index (κ2) is 4.88. The summed E-state index contributed by atoms with van der Waals surface area (Å²) >= 11 is 0. The Morgan fingerprint density at radius 3 is 3.08 bits per heavy atom. The van der Waals surface area contributed by atoms with Crippen molar-refractivity contribution in [3.8, 4) is 12.3 Å². The van der Waals surface area contributed by atoms with Crippen LogP contribution >= 0.6 is 0 Å². The van der Waals surface area contributed by atoms with Crippen LogP contribution in [0.3, 0.4) is 0 Å². The molecule has 0 aliphatic carbocycles. The summed E-state index contributed by atoms with van der Waals surface area (Å²) in [6, 6.07) is 0. The maximum atomic E-state index is 11.4. The van der Waals surface area contributed by atoms with Gasteiger partial charge >= 0.3 is 0 Å².